The molecule has 5 heteroatoms. The fraction of sp³-hybridized carbons (Fsp3) is 0.909. The number of aliphatic hydroxyl groups is 1. The van der Waals surface area contributed by atoms with Crippen LogP contribution in [0.1, 0.15) is 27.2 Å². The Kier molecular flexibility index (Phi) is 4.13. The van der Waals surface area contributed by atoms with Gasteiger partial charge in [0.25, 0.3) is 0 Å². The molecule has 2 atom stereocenters. The van der Waals surface area contributed by atoms with Crippen molar-refractivity contribution in [2.45, 2.75) is 38.9 Å². The van der Waals surface area contributed by atoms with Crippen molar-refractivity contribution >= 4 is 6.09 Å². The number of carbonyl (C=O) groups is 1. The Morgan fingerprint density at radius 2 is 2.25 bits per heavy atom. The monoisotopic (exact) mass is 233 g/mol. The number of amides is 1. The van der Waals surface area contributed by atoms with Crippen molar-refractivity contribution in [1.29, 1.82) is 0 Å². The topological polar surface area (TPSA) is 49.8 Å². The normalized spacial score (nSPS) is 23.3. The molecule has 94 valence electrons. The SMILES string of the molecule is CC(C)(C)OC(=O)N1CC[C@@H](C(O)CF)C1. The Morgan fingerprint density at radius 3 is 2.75 bits per heavy atom. The molecule has 1 unspecified atom stereocenters. The molecule has 0 spiro atoms. The minimum atomic E-state index is -0.965. The van der Waals surface area contributed by atoms with Crippen LogP contribution in [0.3, 0.4) is 0 Å². The maximum Gasteiger partial charge on any atom is 0.410 e. The number of halogens is 1. The molecule has 1 amide bonds. The summed E-state index contributed by atoms with van der Waals surface area (Å²) in [6.45, 7) is 5.54. The molecule has 1 aliphatic heterocycles. The van der Waals surface area contributed by atoms with E-state index in [1.165, 1.54) is 4.90 Å². The van der Waals surface area contributed by atoms with Crippen LogP contribution in [-0.4, -0.2) is 47.6 Å². The van der Waals surface area contributed by atoms with E-state index in [1.54, 1.807) is 20.8 Å². The van der Waals surface area contributed by atoms with E-state index in [-0.39, 0.29) is 12.0 Å². The van der Waals surface area contributed by atoms with Gasteiger partial charge in [-0.3, -0.25) is 0 Å². The third-order valence-corrected chi connectivity index (χ3v) is 2.58. The van der Waals surface area contributed by atoms with E-state index in [0.717, 1.165) is 0 Å². The van der Waals surface area contributed by atoms with Gasteiger partial charge in [0.2, 0.25) is 0 Å². The molecule has 0 saturated carbocycles. The molecular weight excluding hydrogens is 213 g/mol. The molecule has 1 rings (SSSR count). The summed E-state index contributed by atoms with van der Waals surface area (Å²) in [5, 5.41) is 9.34. The molecule has 1 fully saturated rings. The second-order valence-corrected chi connectivity index (χ2v) is 5.20. The largest absolute Gasteiger partial charge is 0.444 e. The van der Waals surface area contributed by atoms with Crippen molar-refractivity contribution in [2.75, 3.05) is 19.8 Å². The molecule has 0 aromatic carbocycles. The van der Waals surface area contributed by atoms with Gasteiger partial charge in [-0.05, 0) is 27.2 Å². The number of hydrogen-bond donors (Lipinski definition) is 1. The number of likely N-dealkylation sites (tertiary alicyclic amines) is 1. The van der Waals surface area contributed by atoms with Gasteiger partial charge in [0.1, 0.15) is 12.3 Å². The van der Waals surface area contributed by atoms with Crippen LogP contribution in [0, 0.1) is 5.92 Å². The molecule has 0 aromatic heterocycles. The van der Waals surface area contributed by atoms with Crippen molar-refractivity contribution in [2.24, 2.45) is 5.92 Å². The van der Waals surface area contributed by atoms with E-state index in [4.69, 9.17) is 4.74 Å². The van der Waals surface area contributed by atoms with E-state index in [2.05, 4.69) is 0 Å². The molecule has 16 heavy (non-hydrogen) atoms. The van der Waals surface area contributed by atoms with Gasteiger partial charge in [-0.2, -0.15) is 0 Å². The summed E-state index contributed by atoms with van der Waals surface area (Å²) in [5.74, 6) is -0.169. The third kappa shape index (κ3) is 3.63. The van der Waals surface area contributed by atoms with Crippen molar-refractivity contribution < 1.29 is 19.0 Å². The smallest absolute Gasteiger partial charge is 0.410 e. The van der Waals surface area contributed by atoms with Crippen molar-refractivity contribution in [3.63, 3.8) is 0 Å². The van der Waals surface area contributed by atoms with Crippen LogP contribution in [0.25, 0.3) is 0 Å². The van der Waals surface area contributed by atoms with Gasteiger partial charge in [-0.25, -0.2) is 9.18 Å². The van der Waals surface area contributed by atoms with Crippen LogP contribution in [0.4, 0.5) is 9.18 Å². The molecule has 0 aromatic rings. The van der Waals surface area contributed by atoms with E-state index in [1.807, 2.05) is 0 Å². The molecule has 1 N–H and O–H groups in total. The number of alkyl halides is 1. The number of carbonyl (C=O) groups excluding carboxylic acids is 1. The fourth-order valence-corrected chi connectivity index (χ4v) is 1.72. The Morgan fingerprint density at radius 1 is 1.62 bits per heavy atom. The van der Waals surface area contributed by atoms with Gasteiger partial charge in [-0.1, -0.05) is 0 Å². The van der Waals surface area contributed by atoms with E-state index in [9.17, 15) is 14.3 Å². The summed E-state index contributed by atoms with van der Waals surface area (Å²) in [4.78, 5) is 13.2. The summed E-state index contributed by atoms with van der Waals surface area (Å²) in [6, 6.07) is 0. The fourth-order valence-electron chi connectivity index (χ4n) is 1.72. The zero-order chi connectivity index (χ0) is 12.3. The number of hydrogen-bond acceptors (Lipinski definition) is 3. The lowest BCUT2D eigenvalue weighted by molar-refractivity contribution is 0.0259. The van der Waals surface area contributed by atoms with E-state index < -0.39 is 18.4 Å². The van der Waals surface area contributed by atoms with Crippen LogP contribution in [0.2, 0.25) is 0 Å². The van der Waals surface area contributed by atoms with Gasteiger partial charge < -0.3 is 14.7 Å². The number of rotatable bonds is 2. The third-order valence-electron chi connectivity index (χ3n) is 2.58. The molecule has 4 nitrogen and oxygen atoms in total. The molecule has 1 saturated heterocycles. The average Bonchev–Trinajstić information content (AvgIpc) is 2.62. The van der Waals surface area contributed by atoms with Gasteiger partial charge in [-0.15, -0.1) is 0 Å². The van der Waals surface area contributed by atoms with Crippen molar-refractivity contribution in [3.05, 3.63) is 0 Å². The lowest BCUT2D eigenvalue weighted by atomic mass is 10.0. The standard InChI is InChI=1S/C11H20FNO3/c1-11(2,3)16-10(15)13-5-4-8(7-13)9(14)6-12/h8-9,14H,4-7H2,1-3H3/t8-,9?/m1/s1. The first-order valence-corrected chi connectivity index (χ1v) is 5.55. The zero-order valence-corrected chi connectivity index (χ0v) is 10.1. The second-order valence-electron chi connectivity index (χ2n) is 5.20. The average molecular weight is 233 g/mol. The molecule has 0 aliphatic carbocycles. The first-order valence-electron chi connectivity index (χ1n) is 5.55. The molecule has 1 aliphatic rings. The van der Waals surface area contributed by atoms with Crippen LogP contribution in [0.15, 0.2) is 0 Å². The zero-order valence-electron chi connectivity index (χ0n) is 10.1. The van der Waals surface area contributed by atoms with Crippen LogP contribution in [0.5, 0.6) is 0 Å². The predicted octanol–water partition coefficient (Wildman–Crippen LogP) is 1.57. The number of aliphatic hydroxyl groups excluding tert-OH is 1. The second kappa shape index (κ2) is 4.99. The predicted molar refractivity (Wildman–Crippen MR) is 57.9 cm³/mol. The highest BCUT2D eigenvalue weighted by Gasteiger charge is 2.33. The summed E-state index contributed by atoms with van der Waals surface area (Å²) >= 11 is 0. The van der Waals surface area contributed by atoms with Crippen LogP contribution < -0.4 is 0 Å². The number of ether oxygens (including phenoxy) is 1. The molecular formula is C11H20FNO3. The Bertz CT molecular complexity index is 252. The molecule has 1 heterocycles. The Hall–Kier alpha value is -0.840. The first-order chi connectivity index (χ1) is 7.33. The summed E-state index contributed by atoms with van der Waals surface area (Å²) in [6.07, 6.45) is -0.724. The molecule has 0 bridgehead atoms. The minimum absolute atomic E-state index is 0.169. The van der Waals surface area contributed by atoms with Gasteiger partial charge in [0.05, 0.1) is 6.10 Å². The summed E-state index contributed by atoms with van der Waals surface area (Å²) in [5.41, 5.74) is -0.520. The van der Waals surface area contributed by atoms with Crippen LogP contribution >= 0.6 is 0 Å². The van der Waals surface area contributed by atoms with E-state index >= 15 is 0 Å². The molecule has 0 radical (unpaired) electrons. The highest BCUT2D eigenvalue weighted by Crippen LogP contribution is 2.22. The summed E-state index contributed by atoms with van der Waals surface area (Å²) in [7, 11) is 0. The van der Waals surface area contributed by atoms with Crippen molar-refractivity contribution in [1.82, 2.24) is 4.90 Å². The van der Waals surface area contributed by atoms with Gasteiger partial charge >= 0.3 is 6.09 Å². The van der Waals surface area contributed by atoms with Crippen molar-refractivity contribution in [3.8, 4) is 0 Å². The summed E-state index contributed by atoms with van der Waals surface area (Å²) < 4.78 is 17.4. The van der Waals surface area contributed by atoms with E-state index in [0.29, 0.717) is 19.5 Å². The van der Waals surface area contributed by atoms with Crippen LogP contribution in [-0.2, 0) is 4.74 Å². The minimum Gasteiger partial charge on any atom is -0.444 e. The Balaban J connectivity index is 2.44. The Labute approximate surface area is 95.4 Å². The maximum atomic E-state index is 12.3. The maximum absolute atomic E-state index is 12.3. The number of nitrogens with zero attached hydrogens (tertiary/aromatic N) is 1. The van der Waals surface area contributed by atoms with Gasteiger partial charge in [0, 0.05) is 19.0 Å². The highest BCUT2D eigenvalue weighted by atomic mass is 19.1. The lowest BCUT2D eigenvalue weighted by Gasteiger charge is -2.24. The van der Waals surface area contributed by atoms with Gasteiger partial charge in [0.15, 0.2) is 0 Å². The lowest BCUT2D eigenvalue weighted by Crippen LogP contribution is -2.36. The first kappa shape index (κ1) is 13.2. The highest BCUT2D eigenvalue weighted by molar-refractivity contribution is 5.68. The quantitative estimate of drug-likeness (QED) is 0.787.